The summed E-state index contributed by atoms with van der Waals surface area (Å²) >= 11 is 6.40. The van der Waals surface area contributed by atoms with E-state index in [0.29, 0.717) is 24.5 Å². The summed E-state index contributed by atoms with van der Waals surface area (Å²) in [5.74, 6) is 1.36. The normalized spacial score (nSPS) is 37.5. The maximum absolute atomic E-state index is 12.4. The first-order valence-electron chi connectivity index (χ1n) is 8.26. The number of carbonyl (C=O) groups is 1. The van der Waals surface area contributed by atoms with Crippen LogP contribution in [0.15, 0.2) is 0 Å². The number of rotatable bonds is 4. The van der Waals surface area contributed by atoms with Crippen LogP contribution in [-0.2, 0) is 9.53 Å². The molecule has 6 heteroatoms. The minimum atomic E-state index is -0.261. The first-order chi connectivity index (χ1) is 10.6. The Kier molecular flexibility index (Phi) is 4.91. The van der Waals surface area contributed by atoms with Crippen LogP contribution in [0.5, 0.6) is 0 Å². The molecule has 0 aromatic heterocycles. The zero-order chi connectivity index (χ0) is 15.7. The van der Waals surface area contributed by atoms with Crippen molar-refractivity contribution < 1.29 is 9.53 Å². The van der Waals surface area contributed by atoms with Gasteiger partial charge in [0.15, 0.2) is 0 Å². The topological polar surface area (TPSA) is 56.6 Å². The fraction of sp³-hybridized carbons (Fsp3) is 0.875. The van der Waals surface area contributed by atoms with Crippen LogP contribution in [0, 0.1) is 23.2 Å². The molecule has 3 fully saturated rings. The Morgan fingerprint density at radius 3 is 2.64 bits per heavy atom. The predicted molar refractivity (Wildman–Crippen MR) is 82.9 cm³/mol. The average molecular weight is 326 g/mol. The maximum Gasteiger partial charge on any atom is 0.239 e. The van der Waals surface area contributed by atoms with Crippen LogP contribution in [0.3, 0.4) is 0 Å². The molecule has 0 aromatic rings. The van der Waals surface area contributed by atoms with E-state index in [1.54, 1.807) is 16.4 Å². The Hall–Kier alpha value is -0.830. The number of carbonyl (C=O) groups excluding carboxylic acids is 1. The fourth-order valence-corrected chi connectivity index (χ4v) is 4.76. The molecule has 0 bridgehead atoms. The molecule has 2 aliphatic carbocycles. The number of hydrogen-bond acceptors (Lipinski definition) is 4. The third-order valence-corrected chi connectivity index (χ3v) is 6.08. The van der Waals surface area contributed by atoms with Gasteiger partial charge in [-0.25, -0.2) is 4.42 Å². The third kappa shape index (κ3) is 3.10. The largest absolute Gasteiger partial charge is 0.381 e. The Balaban J connectivity index is 1.50. The van der Waals surface area contributed by atoms with Crippen molar-refractivity contribution in [3.63, 3.8) is 0 Å². The van der Waals surface area contributed by atoms with Gasteiger partial charge in [0.05, 0.1) is 18.7 Å². The van der Waals surface area contributed by atoms with E-state index in [1.807, 2.05) is 0 Å². The standard InChI is InChI=1S/C16H24ClN3O2/c1-22-15-7-11-5-14(6-12(11)8-15)20(17)10-16(21)19-4-2-3-13(19)9-18/h11-15H,2-8,10H2,1H3/t11-,12+,13-,14?,15?/m0/s1. The van der Waals surface area contributed by atoms with Crippen molar-refractivity contribution in [2.75, 3.05) is 20.2 Å². The molecule has 1 aliphatic heterocycles. The lowest BCUT2D eigenvalue weighted by Crippen LogP contribution is -2.42. The highest BCUT2D eigenvalue weighted by Gasteiger charge is 2.44. The lowest BCUT2D eigenvalue weighted by molar-refractivity contribution is -0.131. The molecule has 22 heavy (non-hydrogen) atoms. The molecule has 1 heterocycles. The molecular weight excluding hydrogens is 302 g/mol. The number of ether oxygens (including phenoxy) is 1. The van der Waals surface area contributed by atoms with E-state index in [1.165, 1.54) is 0 Å². The number of halogens is 1. The Morgan fingerprint density at radius 1 is 1.36 bits per heavy atom. The summed E-state index contributed by atoms with van der Waals surface area (Å²) in [6.45, 7) is 0.908. The van der Waals surface area contributed by atoms with E-state index >= 15 is 0 Å². The third-order valence-electron chi connectivity index (χ3n) is 5.69. The summed E-state index contributed by atoms with van der Waals surface area (Å²) in [6.07, 6.45) is 6.47. The van der Waals surface area contributed by atoms with E-state index in [9.17, 15) is 4.79 Å². The summed E-state index contributed by atoms with van der Waals surface area (Å²) < 4.78 is 7.15. The molecule has 3 rings (SSSR count). The molecule has 0 aromatic carbocycles. The van der Waals surface area contributed by atoms with E-state index in [4.69, 9.17) is 21.8 Å². The lowest BCUT2D eigenvalue weighted by Gasteiger charge is -2.26. The zero-order valence-corrected chi connectivity index (χ0v) is 13.8. The Bertz CT molecular complexity index is 453. The van der Waals surface area contributed by atoms with Gasteiger partial charge < -0.3 is 9.64 Å². The van der Waals surface area contributed by atoms with Crippen LogP contribution in [0.25, 0.3) is 0 Å². The van der Waals surface area contributed by atoms with Crippen LogP contribution in [0.4, 0.5) is 0 Å². The van der Waals surface area contributed by atoms with E-state index in [-0.39, 0.29) is 24.5 Å². The van der Waals surface area contributed by atoms with Gasteiger partial charge in [0.25, 0.3) is 0 Å². The van der Waals surface area contributed by atoms with Gasteiger partial charge in [0, 0.05) is 19.7 Å². The van der Waals surface area contributed by atoms with Crippen LogP contribution < -0.4 is 0 Å². The second-order valence-electron chi connectivity index (χ2n) is 6.91. The molecule has 5 atom stereocenters. The van der Waals surface area contributed by atoms with Gasteiger partial charge in [0.1, 0.15) is 6.04 Å². The molecule has 0 spiro atoms. The van der Waals surface area contributed by atoms with E-state index in [0.717, 1.165) is 38.5 Å². The second-order valence-corrected chi connectivity index (χ2v) is 7.34. The Labute approximate surface area is 137 Å². The minimum absolute atomic E-state index is 0.00845. The highest BCUT2D eigenvalue weighted by Crippen LogP contribution is 2.46. The molecule has 5 nitrogen and oxygen atoms in total. The minimum Gasteiger partial charge on any atom is -0.381 e. The molecule has 3 aliphatic rings. The van der Waals surface area contributed by atoms with Gasteiger partial charge in [-0.05, 0) is 62.1 Å². The Morgan fingerprint density at radius 2 is 2.05 bits per heavy atom. The zero-order valence-electron chi connectivity index (χ0n) is 13.1. The second kappa shape index (κ2) is 6.74. The molecule has 0 N–H and O–H groups in total. The van der Waals surface area contributed by atoms with Crippen molar-refractivity contribution in [1.82, 2.24) is 9.32 Å². The predicted octanol–water partition coefficient (Wildman–Crippen LogP) is 2.16. The van der Waals surface area contributed by atoms with Crippen molar-refractivity contribution in [1.29, 1.82) is 5.26 Å². The number of fused-ring (bicyclic) bond motifs is 1. The molecule has 2 unspecified atom stereocenters. The first-order valence-corrected chi connectivity index (χ1v) is 8.60. The molecule has 2 saturated carbocycles. The smallest absolute Gasteiger partial charge is 0.239 e. The van der Waals surface area contributed by atoms with Gasteiger partial charge in [-0.15, -0.1) is 0 Å². The first kappa shape index (κ1) is 16.0. The molecule has 1 saturated heterocycles. The number of amides is 1. The number of methoxy groups -OCH3 is 1. The van der Waals surface area contributed by atoms with Gasteiger partial charge in [0.2, 0.25) is 5.91 Å². The highest BCUT2D eigenvalue weighted by molar-refractivity contribution is 6.14. The summed E-state index contributed by atoms with van der Waals surface area (Å²) in [5, 5.41) is 9.09. The summed E-state index contributed by atoms with van der Waals surface area (Å²) in [7, 11) is 1.79. The molecule has 1 amide bonds. The van der Waals surface area contributed by atoms with Crippen LogP contribution in [-0.4, -0.2) is 53.6 Å². The monoisotopic (exact) mass is 325 g/mol. The fourth-order valence-electron chi connectivity index (χ4n) is 4.50. The van der Waals surface area contributed by atoms with Crippen LogP contribution >= 0.6 is 11.8 Å². The van der Waals surface area contributed by atoms with Crippen molar-refractivity contribution in [2.24, 2.45) is 11.8 Å². The maximum atomic E-state index is 12.4. The quantitative estimate of drug-likeness (QED) is 0.743. The number of nitrogens with zero attached hydrogens (tertiary/aromatic N) is 3. The average Bonchev–Trinajstić information content (AvgIpc) is 3.19. The summed E-state index contributed by atoms with van der Waals surface area (Å²) in [5.41, 5.74) is 0. The van der Waals surface area contributed by atoms with Gasteiger partial charge in [-0.1, -0.05) is 0 Å². The van der Waals surface area contributed by atoms with E-state index in [2.05, 4.69) is 6.07 Å². The lowest BCUT2D eigenvalue weighted by atomic mass is 10.0. The van der Waals surface area contributed by atoms with Crippen molar-refractivity contribution in [2.45, 2.75) is 56.7 Å². The number of hydrogen-bond donors (Lipinski definition) is 0. The van der Waals surface area contributed by atoms with Gasteiger partial charge in [-0.3, -0.25) is 4.79 Å². The number of likely N-dealkylation sites (tertiary alicyclic amines) is 1. The van der Waals surface area contributed by atoms with Crippen molar-refractivity contribution in [3.8, 4) is 6.07 Å². The SMILES string of the molecule is COC1C[C@@H]2CC(N(Cl)CC(=O)N3CCC[C@H]3C#N)C[C@@H]2C1. The summed E-state index contributed by atoms with van der Waals surface area (Å²) in [6, 6.07) is 2.23. The van der Waals surface area contributed by atoms with Crippen molar-refractivity contribution in [3.05, 3.63) is 0 Å². The molecule has 0 radical (unpaired) electrons. The van der Waals surface area contributed by atoms with Crippen LogP contribution in [0.1, 0.15) is 38.5 Å². The van der Waals surface area contributed by atoms with Gasteiger partial charge in [-0.2, -0.15) is 5.26 Å². The highest BCUT2D eigenvalue weighted by atomic mass is 35.5. The van der Waals surface area contributed by atoms with Gasteiger partial charge >= 0.3 is 0 Å². The molecule has 122 valence electrons. The number of nitriles is 1. The van der Waals surface area contributed by atoms with Crippen LogP contribution in [0.2, 0.25) is 0 Å². The van der Waals surface area contributed by atoms with Crippen molar-refractivity contribution >= 4 is 17.7 Å². The van der Waals surface area contributed by atoms with E-state index < -0.39 is 0 Å². The molecular formula is C16H24ClN3O2. The summed E-state index contributed by atoms with van der Waals surface area (Å²) in [4.78, 5) is 14.0.